The normalized spacial score (nSPS) is 10.1. The van der Waals surface area contributed by atoms with Crippen LogP contribution in [0.25, 0.3) is 0 Å². The van der Waals surface area contributed by atoms with E-state index in [4.69, 9.17) is 4.74 Å². The van der Waals surface area contributed by atoms with Crippen LogP contribution in [0, 0.1) is 6.92 Å². The molecule has 0 aliphatic rings. The maximum absolute atomic E-state index is 12.1. The van der Waals surface area contributed by atoms with Crippen molar-refractivity contribution in [3.63, 3.8) is 0 Å². The Morgan fingerprint density at radius 2 is 2.25 bits per heavy atom. The Morgan fingerprint density at radius 1 is 1.45 bits per heavy atom. The van der Waals surface area contributed by atoms with E-state index in [1.54, 1.807) is 24.3 Å². The molecular weight excluding hydrogens is 274 g/mol. The highest BCUT2D eigenvalue weighted by Gasteiger charge is 2.10. The fourth-order valence-electron chi connectivity index (χ4n) is 1.45. The van der Waals surface area contributed by atoms with Crippen molar-refractivity contribution in [2.45, 2.75) is 13.8 Å². The van der Waals surface area contributed by atoms with Gasteiger partial charge in [-0.2, -0.15) is 0 Å². The van der Waals surface area contributed by atoms with Gasteiger partial charge in [0.2, 0.25) is 5.13 Å². The number of benzene rings is 1. The Balaban J connectivity index is 2.06. The maximum Gasteiger partial charge on any atom is 0.257 e. The van der Waals surface area contributed by atoms with Gasteiger partial charge in [0.1, 0.15) is 17.4 Å². The van der Waals surface area contributed by atoms with Crippen molar-refractivity contribution in [2.24, 2.45) is 0 Å². The molecule has 1 heterocycles. The van der Waals surface area contributed by atoms with Crippen molar-refractivity contribution in [3.05, 3.63) is 47.0 Å². The topological polar surface area (TPSA) is 64.1 Å². The molecule has 0 bridgehead atoms. The number of anilines is 1. The van der Waals surface area contributed by atoms with Crippen LogP contribution in [0.4, 0.5) is 5.13 Å². The van der Waals surface area contributed by atoms with Crippen LogP contribution < -0.4 is 10.1 Å². The quantitative estimate of drug-likeness (QED) is 0.859. The lowest BCUT2D eigenvalue weighted by molar-refractivity contribution is 0.102. The van der Waals surface area contributed by atoms with Gasteiger partial charge in [-0.1, -0.05) is 24.0 Å². The zero-order valence-electron chi connectivity index (χ0n) is 11.3. The molecule has 6 heteroatoms. The zero-order chi connectivity index (χ0) is 14.5. The lowest BCUT2D eigenvalue weighted by atomic mass is 10.2. The first-order valence-electron chi connectivity index (χ1n) is 6.03. The molecule has 0 atom stereocenters. The Kier molecular flexibility index (Phi) is 4.47. The number of nitrogens with zero attached hydrogens (tertiary/aromatic N) is 2. The van der Waals surface area contributed by atoms with Crippen LogP contribution in [-0.4, -0.2) is 22.7 Å². The van der Waals surface area contributed by atoms with Crippen LogP contribution in [-0.2, 0) is 0 Å². The SMILES string of the molecule is C=C(C)COc1cccc(C(=O)Nc2nnc(C)s2)c1. The molecule has 20 heavy (non-hydrogen) atoms. The Labute approximate surface area is 121 Å². The summed E-state index contributed by atoms with van der Waals surface area (Å²) in [6, 6.07) is 6.98. The molecule has 0 radical (unpaired) electrons. The molecule has 1 aromatic heterocycles. The number of hydrogen-bond acceptors (Lipinski definition) is 5. The first-order chi connectivity index (χ1) is 9.54. The van der Waals surface area contributed by atoms with Crippen LogP contribution in [0.15, 0.2) is 36.4 Å². The first kappa shape index (κ1) is 14.2. The van der Waals surface area contributed by atoms with Crippen LogP contribution in [0.5, 0.6) is 5.75 Å². The summed E-state index contributed by atoms with van der Waals surface area (Å²) in [5, 5.41) is 11.7. The summed E-state index contributed by atoms with van der Waals surface area (Å²) >= 11 is 1.33. The fraction of sp³-hybridized carbons (Fsp3) is 0.214. The number of hydrogen-bond donors (Lipinski definition) is 1. The van der Waals surface area contributed by atoms with Crippen LogP contribution in [0.1, 0.15) is 22.3 Å². The van der Waals surface area contributed by atoms with E-state index < -0.39 is 0 Å². The molecule has 0 aliphatic heterocycles. The summed E-state index contributed by atoms with van der Waals surface area (Å²) in [5.74, 6) is 0.399. The fourth-order valence-corrected chi connectivity index (χ4v) is 2.04. The molecule has 5 nitrogen and oxygen atoms in total. The predicted octanol–water partition coefficient (Wildman–Crippen LogP) is 3.05. The van der Waals surface area contributed by atoms with Crippen LogP contribution >= 0.6 is 11.3 Å². The number of carbonyl (C=O) groups is 1. The van der Waals surface area contributed by atoms with Gasteiger partial charge in [-0.25, -0.2) is 0 Å². The monoisotopic (exact) mass is 289 g/mol. The van der Waals surface area contributed by atoms with E-state index in [0.29, 0.717) is 23.1 Å². The predicted molar refractivity (Wildman–Crippen MR) is 79.4 cm³/mol. The molecule has 104 valence electrons. The van der Waals surface area contributed by atoms with Gasteiger partial charge in [-0.3, -0.25) is 10.1 Å². The third-order valence-corrected chi connectivity index (χ3v) is 3.08. The molecule has 2 rings (SSSR count). The summed E-state index contributed by atoms with van der Waals surface area (Å²) < 4.78 is 5.51. The highest BCUT2D eigenvalue weighted by Crippen LogP contribution is 2.18. The summed E-state index contributed by atoms with van der Waals surface area (Å²) in [5.41, 5.74) is 1.43. The summed E-state index contributed by atoms with van der Waals surface area (Å²) in [4.78, 5) is 12.1. The van der Waals surface area contributed by atoms with Gasteiger partial charge >= 0.3 is 0 Å². The van der Waals surface area contributed by atoms with E-state index in [9.17, 15) is 4.79 Å². The second kappa shape index (κ2) is 6.29. The number of amides is 1. The second-order valence-corrected chi connectivity index (χ2v) is 5.54. The van der Waals surface area contributed by atoms with Crippen molar-refractivity contribution in [1.82, 2.24) is 10.2 Å². The Morgan fingerprint density at radius 3 is 2.90 bits per heavy atom. The molecule has 0 unspecified atom stereocenters. The zero-order valence-corrected chi connectivity index (χ0v) is 12.2. The van der Waals surface area contributed by atoms with Gasteiger partial charge in [-0.05, 0) is 37.6 Å². The van der Waals surface area contributed by atoms with Crippen LogP contribution in [0.2, 0.25) is 0 Å². The lowest BCUT2D eigenvalue weighted by Crippen LogP contribution is -2.12. The van der Waals surface area contributed by atoms with Crippen molar-refractivity contribution in [1.29, 1.82) is 0 Å². The standard InChI is InChI=1S/C14H15N3O2S/c1-9(2)8-19-12-6-4-5-11(7-12)13(18)15-14-17-16-10(3)20-14/h4-7H,1,8H2,2-3H3,(H,15,17,18). The van der Waals surface area contributed by atoms with Gasteiger partial charge in [0.05, 0.1) is 0 Å². The van der Waals surface area contributed by atoms with Crippen molar-refractivity contribution in [3.8, 4) is 5.75 Å². The van der Waals surface area contributed by atoms with Crippen molar-refractivity contribution >= 4 is 22.4 Å². The Hall–Kier alpha value is -2.21. The minimum atomic E-state index is -0.234. The first-order valence-corrected chi connectivity index (χ1v) is 6.85. The minimum Gasteiger partial charge on any atom is -0.489 e. The number of aryl methyl sites for hydroxylation is 1. The molecular formula is C14H15N3O2S. The van der Waals surface area contributed by atoms with E-state index >= 15 is 0 Å². The molecule has 2 aromatic rings. The maximum atomic E-state index is 12.1. The summed E-state index contributed by atoms with van der Waals surface area (Å²) in [7, 11) is 0. The Bertz CT molecular complexity index is 637. The number of ether oxygens (including phenoxy) is 1. The highest BCUT2D eigenvalue weighted by atomic mass is 32.1. The van der Waals surface area contributed by atoms with E-state index in [1.807, 2.05) is 13.8 Å². The van der Waals surface area contributed by atoms with Crippen molar-refractivity contribution < 1.29 is 9.53 Å². The second-order valence-electron chi connectivity index (χ2n) is 4.35. The average molecular weight is 289 g/mol. The molecule has 0 saturated heterocycles. The number of nitrogens with one attached hydrogen (secondary N) is 1. The van der Waals surface area contributed by atoms with E-state index in [2.05, 4.69) is 22.1 Å². The van der Waals surface area contributed by atoms with Gasteiger partial charge in [0.15, 0.2) is 0 Å². The average Bonchev–Trinajstić information content (AvgIpc) is 2.82. The third kappa shape index (κ3) is 3.89. The van der Waals surface area contributed by atoms with E-state index in [1.165, 1.54) is 11.3 Å². The van der Waals surface area contributed by atoms with Crippen molar-refractivity contribution in [2.75, 3.05) is 11.9 Å². The molecule has 0 aliphatic carbocycles. The number of carbonyl (C=O) groups excluding carboxylic acids is 1. The van der Waals surface area contributed by atoms with Gasteiger partial charge in [-0.15, -0.1) is 10.2 Å². The third-order valence-electron chi connectivity index (χ3n) is 2.33. The molecule has 0 saturated carbocycles. The largest absolute Gasteiger partial charge is 0.489 e. The molecule has 0 spiro atoms. The number of rotatable bonds is 5. The molecule has 1 aromatic carbocycles. The van der Waals surface area contributed by atoms with Gasteiger partial charge < -0.3 is 4.74 Å². The van der Waals surface area contributed by atoms with Gasteiger partial charge in [0.25, 0.3) is 5.91 Å². The molecule has 1 N–H and O–H groups in total. The van der Waals surface area contributed by atoms with E-state index in [-0.39, 0.29) is 5.91 Å². The highest BCUT2D eigenvalue weighted by molar-refractivity contribution is 7.15. The smallest absolute Gasteiger partial charge is 0.257 e. The van der Waals surface area contributed by atoms with Crippen LogP contribution in [0.3, 0.4) is 0 Å². The summed E-state index contributed by atoms with van der Waals surface area (Å²) in [6.45, 7) is 7.92. The molecule has 1 amide bonds. The molecule has 0 fully saturated rings. The van der Waals surface area contributed by atoms with Gasteiger partial charge in [0, 0.05) is 5.56 Å². The summed E-state index contributed by atoms with van der Waals surface area (Å²) in [6.07, 6.45) is 0. The van der Waals surface area contributed by atoms with E-state index in [0.717, 1.165) is 10.6 Å². The minimum absolute atomic E-state index is 0.234. The number of aromatic nitrogens is 2. The lowest BCUT2D eigenvalue weighted by Gasteiger charge is -2.07.